The van der Waals surface area contributed by atoms with Gasteiger partial charge >= 0.3 is 0 Å². The van der Waals surface area contributed by atoms with Crippen LogP contribution in [-0.4, -0.2) is 5.91 Å². The van der Waals surface area contributed by atoms with Crippen molar-refractivity contribution in [3.8, 4) is 0 Å². The lowest BCUT2D eigenvalue weighted by Gasteiger charge is -2.00. The van der Waals surface area contributed by atoms with Gasteiger partial charge in [-0.3, -0.25) is 4.79 Å². The second-order valence-corrected chi connectivity index (χ2v) is 4.88. The third-order valence-corrected chi connectivity index (χ3v) is 3.62. The van der Waals surface area contributed by atoms with Crippen molar-refractivity contribution >= 4 is 43.6 Å². The molecule has 90 valence electrons. The van der Waals surface area contributed by atoms with Gasteiger partial charge in [-0.25, -0.2) is 0 Å². The highest BCUT2D eigenvalue weighted by molar-refractivity contribution is 9.10. The van der Waals surface area contributed by atoms with Crippen LogP contribution in [0.5, 0.6) is 0 Å². The average molecular weight is 304 g/mol. The smallest absolute Gasteiger partial charge is 0.222 e. The maximum absolute atomic E-state index is 11.2. The first-order chi connectivity index (χ1) is 8.66. The highest BCUT2D eigenvalue weighted by Crippen LogP contribution is 2.35. The van der Waals surface area contributed by atoms with Gasteiger partial charge in [-0.05, 0) is 32.8 Å². The van der Waals surface area contributed by atoms with Gasteiger partial charge in [-0.1, -0.05) is 30.3 Å². The number of amides is 1. The van der Waals surface area contributed by atoms with Crippen LogP contribution in [0.2, 0.25) is 0 Å². The Kier molecular flexibility index (Phi) is 2.59. The number of hydrogen-bond acceptors (Lipinski definition) is 2. The first-order valence-electron chi connectivity index (χ1n) is 5.54. The van der Waals surface area contributed by atoms with Crippen molar-refractivity contribution in [3.63, 3.8) is 0 Å². The van der Waals surface area contributed by atoms with Crippen molar-refractivity contribution < 1.29 is 9.21 Å². The van der Waals surface area contributed by atoms with Gasteiger partial charge in [0.1, 0.15) is 5.58 Å². The summed E-state index contributed by atoms with van der Waals surface area (Å²) in [5.41, 5.74) is 6.86. The monoisotopic (exact) mass is 303 g/mol. The van der Waals surface area contributed by atoms with Crippen molar-refractivity contribution in [2.24, 2.45) is 5.73 Å². The number of nitrogens with two attached hydrogens (primary N) is 1. The molecule has 0 spiro atoms. The number of fused-ring (bicyclic) bond motifs is 3. The molecular weight excluding hydrogens is 294 g/mol. The summed E-state index contributed by atoms with van der Waals surface area (Å²) >= 11 is 3.35. The third-order valence-electron chi connectivity index (χ3n) is 2.98. The first-order valence-corrected chi connectivity index (χ1v) is 6.33. The van der Waals surface area contributed by atoms with Crippen molar-refractivity contribution in [1.29, 1.82) is 0 Å². The van der Waals surface area contributed by atoms with E-state index in [-0.39, 0.29) is 12.3 Å². The topological polar surface area (TPSA) is 56.2 Å². The van der Waals surface area contributed by atoms with Crippen molar-refractivity contribution in [2.75, 3.05) is 0 Å². The molecule has 0 radical (unpaired) electrons. The Hall–Kier alpha value is -1.81. The van der Waals surface area contributed by atoms with E-state index >= 15 is 0 Å². The molecule has 18 heavy (non-hydrogen) atoms. The summed E-state index contributed by atoms with van der Waals surface area (Å²) in [4.78, 5) is 11.2. The van der Waals surface area contributed by atoms with Gasteiger partial charge in [-0.15, -0.1) is 0 Å². The molecule has 0 unspecified atom stereocenters. The molecule has 2 N–H and O–H groups in total. The van der Waals surface area contributed by atoms with Gasteiger partial charge in [-0.2, -0.15) is 0 Å². The maximum atomic E-state index is 11.2. The van der Waals surface area contributed by atoms with E-state index in [9.17, 15) is 4.79 Å². The Morgan fingerprint density at radius 3 is 2.78 bits per heavy atom. The normalized spacial score (nSPS) is 11.2. The number of hydrogen-bond donors (Lipinski definition) is 1. The van der Waals surface area contributed by atoms with E-state index < -0.39 is 0 Å². The number of benzene rings is 2. The minimum absolute atomic E-state index is 0.168. The summed E-state index contributed by atoms with van der Waals surface area (Å²) < 4.78 is 6.19. The van der Waals surface area contributed by atoms with Crippen molar-refractivity contribution in [2.45, 2.75) is 6.42 Å². The molecule has 0 atom stereocenters. The Labute approximate surface area is 112 Å². The SMILES string of the molecule is NC(=O)Cc1c(Br)oc2ccc3ccccc3c12. The molecule has 0 bridgehead atoms. The lowest BCUT2D eigenvalue weighted by Crippen LogP contribution is -2.13. The molecule has 1 aromatic heterocycles. The van der Waals surface area contributed by atoms with Gasteiger partial charge in [0.15, 0.2) is 4.67 Å². The molecule has 3 rings (SSSR count). The number of carbonyl (C=O) groups excluding carboxylic acids is 1. The van der Waals surface area contributed by atoms with Crippen LogP contribution in [-0.2, 0) is 11.2 Å². The van der Waals surface area contributed by atoms with Crippen LogP contribution in [0.4, 0.5) is 0 Å². The quantitative estimate of drug-likeness (QED) is 0.789. The molecule has 2 aromatic carbocycles. The zero-order valence-electron chi connectivity index (χ0n) is 9.44. The van der Waals surface area contributed by atoms with E-state index in [0.717, 1.165) is 27.3 Å². The number of rotatable bonds is 2. The predicted octanol–water partition coefficient (Wildman–Crippen LogP) is 3.38. The minimum Gasteiger partial charge on any atom is -0.449 e. The summed E-state index contributed by atoms with van der Waals surface area (Å²) in [6.45, 7) is 0. The number of furan rings is 1. The fraction of sp³-hybridized carbons (Fsp3) is 0.0714. The second-order valence-electron chi connectivity index (χ2n) is 4.16. The van der Waals surface area contributed by atoms with Crippen molar-refractivity contribution in [3.05, 3.63) is 46.6 Å². The molecule has 0 aliphatic carbocycles. The lowest BCUT2D eigenvalue weighted by molar-refractivity contribution is -0.117. The fourth-order valence-corrected chi connectivity index (χ4v) is 2.75. The molecule has 1 heterocycles. The Bertz CT molecular complexity index is 761. The van der Waals surface area contributed by atoms with E-state index in [2.05, 4.69) is 15.9 Å². The molecule has 0 saturated carbocycles. The third kappa shape index (κ3) is 1.69. The molecule has 0 aliphatic heterocycles. The van der Waals surface area contributed by atoms with E-state index in [0.29, 0.717) is 4.67 Å². The zero-order valence-corrected chi connectivity index (χ0v) is 11.0. The summed E-state index contributed by atoms with van der Waals surface area (Å²) in [6.07, 6.45) is 0.168. The Balaban J connectivity index is 2.43. The van der Waals surface area contributed by atoms with Crippen LogP contribution in [0.3, 0.4) is 0 Å². The number of carbonyl (C=O) groups is 1. The van der Waals surface area contributed by atoms with Crippen molar-refractivity contribution in [1.82, 2.24) is 0 Å². The number of halogens is 1. The van der Waals surface area contributed by atoms with Crippen LogP contribution < -0.4 is 5.73 Å². The molecule has 0 fully saturated rings. The summed E-state index contributed by atoms with van der Waals surface area (Å²) in [7, 11) is 0. The highest BCUT2D eigenvalue weighted by Gasteiger charge is 2.16. The fourth-order valence-electron chi connectivity index (χ4n) is 2.24. The second kappa shape index (κ2) is 4.14. The molecule has 3 nitrogen and oxygen atoms in total. The molecule has 4 heteroatoms. The van der Waals surface area contributed by atoms with E-state index in [1.54, 1.807) is 0 Å². The number of primary amides is 1. The van der Waals surface area contributed by atoms with Crippen LogP contribution >= 0.6 is 15.9 Å². The van der Waals surface area contributed by atoms with Gasteiger partial charge in [0.05, 0.1) is 6.42 Å². The van der Waals surface area contributed by atoms with Crippen LogP contribution in [0.15, 0.2) is 45.5 Å². The highest BCUT2D eigenvalue weighted by atomic mass is 79.9. The minimum atomic E-state index is -0.369. The predicted molar refractivity (Wildman–Crippen MR) is 74.3 cm³/mol. The van der Waals surface area contributed by atoms with E-state index in [1.165, 1.54) is 0 Å². The molecule has 1 amide bonds. The largest absolute Gasteiger partial charge is 0.449 e. The van der Waals surface area contributed by atoms with Gasteiger partial charge < -0.3 is 10.2 Å². The van der Waals surface area contributed by atoms with Gasteiger partial charge in [0.2, 0.25) is 5.91 Å². The first kappa shape index (κ1) is 11.3. The maximum Gasteiger partial charge on any atom is 0.222 e. The molecular formula is C14H10BrNO2. The van der Waals surface area contributed by atoms with Gasteiger partial charge in [0.25, 0.3) is 0 Å². The molecule has 3 aromatic rings. The van der Waals surface area contributed by atoms with Crippen LogP contribution in [0, 0.1) is 0 Å². The molecule has 0 saturated heterocycles. The van der Waals surface area contributed by atoms with E-state index in [1.807, 2.05) is 36.4 Å². The summed E-state index contributed by atoms with van der Waals surface area (Å²) in [6, 6.07) is 11.9. The Morgan fingerprint density at radius 1 is 1.22 bits per heavy atom. The summed E-state index contributed by atoms with van der Waals surface area (Å²) in [5.74, 6) is -0.369. The lowest BCUT2D eigenvalue weighted by atomic mass is 10.0. The molecule has 0 aliphatic rings. The average Bonchev–Trinajstić information content (AvgIpc) is 2.66. The summed E-state index contributed by atoms with van der Waals surface area (Å²) in [5, 5.41) is 3.14. The van der Waals surface area contributed by atoms with Crippen LogP contribution in [0.1, 0.15) is 5.56 Å². The Morgan fingerprint density at radius 2 is 2.00 bits per heavy atom. The zero-order chi connectivity index (χ0) is 12.7. The standard InChI is InChI=1S/C14H10BrNO2/c15-14-10(7-12(16)17)13-9-4-2-1-3-8(9)5-6-11(13)18-14/h1-6H,7H2,(H2,16,17). The van der Waals surface area contributed by atoms with E-state index in [4.69, 9.17) is 10.2 Å². The van der Waals surface area contributed by atoms with Gasteiger partial charge in [0, 0.05) is 10.9 Å². The van der Waals surface area contributed by atoms with Crippen LogP contribution in [0.25, 0.3) is 21.7 Å².